The van der Waals surface area contributed by atoms with E-state index >= 15 is 0 Å². The zero-order valence-corrected chi connectivity index (χ0v) is 18.7. The number of carbonyl (C=O) groups excluding carboxylic acids is 1. The monoisotopic (exact) mass is 443 g/mol. The standard InChI is InChI=1S/C21H26FN7O3/c1-6-29-17(13-7-23-12(2)24-8-13)27-16-18(29)25-11-26-19(16)31-15-10-28(9-14(15)22)20(30)32-21(3,4)5/h7-8,11,14-15H,6,9-10H2,1-5H3. The van der Waals surface area contributed by atoms with Crippen molar-refractivity contribution in [3.8, 4) is 17.3 Å². The summed E-state index contributed by atoms with van der Waals surface area (Å²) < 4.78 is 27.8. The van der Waals surface area contributed by atoms with Gasteiger partial charge in [-0.3, -0.25) is 0 Å². The Morgan fingerprint density at radius 2 is 1.91 bits per heavy atom. The minimum atomic E-state index is -1.38. The Hall–Kier alpha value is -3.37. The zero-order chi connectivity index (χ0) is 23.0. The van der Waals surface area contributed by atoms with Crippen LogP contribution in [0.25, 0.3) is 22.6 Å². The lowest BCUT2D eigenvalue weighted by molar-refractivity contribution is 0.0273. The number of fused-ring (bicyclic) bond motifs is 1. The van der Waals surface area contributed by atoms with Gasteiger partial charge in [0.15, 0.2) is 23.4 Å². The smallest absolute Gasteiger partial charge is 0.410 e. The number of amides is 1. The molecule has 1 saturated heterocycles. The van der Waals surface area contributed by atoms with Crippen LogP contribution in [0.5, 0.6) is 5.88 Å². The van der Waals surface area contributed by atoms with E-state index in [1.165, 1.54) is 11.2 Å². The maximum absolute atomic E-state index is 14.7. The van der Waals surface area contributed by atoms with Gasteiger partial charge in [0.25, 0.3) is 0 Å². The number of nitrogens with zero attached hydrogens (tertiary/aromatic N) is 7. The zero-order valence-electron chi connectivity index (χ0n) is 18.7. The number of aryl methyl sites for hydroxylation is 2. The second-order valence-electron chi connectivity index (χ2n) is 8.61. The van der Waals surface area contributed by atoms with Crippen molar-refractivity contribution < 1.29 is 18.7 Å². The molecule has 10 nitrogen and oxygen atoms in total. The fourth-order valence-electron chi connectivity index (χ4n) is 3.49. The Balaban J connectivity index is 1.61. The third kappa shape index (κ3) is 4.32. The summed E-state index contributed by atoms with van der Waals surface area (Å²) in [4.78, 5) is 35.3. The van der Waals surface area contributed by atoms with Crippen molar-refractivity contribution in [2.45, 2.75) is 59.0 Å². The van der Waals surface area contributed by atoms with E-state index in [0.717, 1.165) is 5.56 Å². The fraction of sp³-hybridized carbons (Fsp3) is 0.524. The molecule has 0 aliphatic carbocycles. The van der Waals surface area contributed by atoms with Crippen LogP contribution in [0.4, 0.5) is 9.18 Å². The molecule has 2 unspecified atom stereocenters. The Labute approximate surface area is 184 Å². The molecule has 0 saturated carbocycles. The van der Waals surface area contributed by atoms with Crippen LogP contribution in [0.1, 0.15) is 33.5 Å². The molecule has 0 bridgehead atoms. The van der Waals surface area contributed by atoms with Gasteiger partial charge in [0.2, 0.25) is 5.88 Å². The maximum Gasteiger partial charge on any atom is 0.410 e. The number of rotatable bonds is 4. The van der Waals surface area contributed by atoms with Crippen molar-refractivity contribution in [1.82, 2.24) is 34.4 Å². The summed E-state index contributed by atoms with van der Waals surface area (Å²) in [6.45, 7) is 9.60. The third-order valence-corrected chi connectivity index (χ3v) is 4.97. The van der Waals surface area contributed by atoms with Crippen LogP contribution < -0.4 is 4.74 Å². The normalized spacial score (nSPS) is 18.9. The van der Waals surface area contributed by atoms with E-state index in [-0.39, 0.29) is 19.0 Å². The highest BCUT2D eigenvalue weighted by molar-refractivity contribution is 5.81. The average molecular weight is 443 g/mol. The highest BCUT2D eigenvalue weighted by atomic mass is 19.1. The number of hydrogen-bond acceptors (Lipinski definition) is 8. The fourth-order valence-corrected chi connectivity index (χ4v) is 3.49. The SMILES string of the molecule is CCn1c(-c2cnc(C)nc2)nc2c(OC3CN(C(=O)OC(C)(C)C)CC3F)ncnc21. The molecule has 4 heterocycles. The number of aromatic nitrogens is 6. The van der Waals surface area contributed by atoms with E-state index in [1.807, 2.05) is 11.5 Å². The van der Waals surface area contributed by atoms with Gasteiger partial charge in [-0.1, -0.05) is 0 Å². The van der Waals surface area contributed by atoms with Gasteiger partial charge in [0.05, 0.1) is 18.7 Å². The van der Waals surface area contributed by atoms with Gasteiger partial charge in [-0.15, -0.1) is 0 Å². The van der Waals surface area contributed by atoms with Crippen molar-refractivity contribution in [3.63, 3.8) is 0 Å². The molecule has 0 spiro atoms. The molecule has 2 atom stereocenters. The first-order valence-electron chi connectivity index (χ1n) is 10.4. The van der Waals surface area contributed by atoms with Crippen LogP contribution >= 0.6 is 0 Å². The van der Waals surface area contributed by atoms with Crippen LogP contribution in [0.15, 0.2) is 18.7 Å². The molecular formula is C21H26FN7O3. The van der Waals surface area contributed by atoms with Gasteiger partial charge in [0.1, 0.15) is 23.6 Å². The molecule has 170 valence electrons. The van der Waals surface area contributed by atoms with Crippen LogP contribution in [0.2, 0.25) is 0 Å². The molecule has 1 aliphatic heterocycles. The van der Waals surface area contributed by atoms with E-state index in [9.17, 15) is 9.18 Å². The second kappa shape index (κ2) is 8.29. The molecule has 0 radical (unpaired) electrons. The van der Waals surface area contributed by atoms with Gasteiger partial charge in [-0.2, -0.15) is 4.98 Å². The molecular weight excluding hydrogens is 417 g/mol. The molecule has 1 amide bonds. The summed E-state index contributed by atoms with van der Waals surface area (Å²) in [6, 6.07) is 0. The third-order valence-electron chi connectivity index (χ3n) is 4.97. The predicted molar refractivity (Wildman–Crippen MR) is 114 cm³/mol. The summed E-state index contributed by atoms with van der Waals surface area (Å²) in [7, 11) is 0. The summed E-state index contributed by atoms with van der Waals surface area (Å²) in [5.41, 5.74) is 1.03. The van der Waals surface area contributed by atoms with E-state index in [4.69, 9.17) is 9.47 Å². The van der Waals surface area contributed by atoms with Gasteiger partial charge >= 0.3 is 6.09 Å². The van der Waals surface area contributed by atoms with Gasteiger partial charge in [-0.05, 0) is 34.6 Å². The molecule has 32 heavy (non-hydrogen) atoms. The van der Waals surface area contributed by atoms with Gasteiger partial charge < -0.3 is 18.9 Å². The Morgan fingerprint density at radius 1 is 1.19 bits per heavy atom. The Bertz CT molecular complexity index is 1130. The Kier molecular flexibility index (Phi) is 5.66. The lowest BCUT2D eigenvalue weighted by atomic mass is 10.2. The summed E-state index contributed by atoms with van der Waals surface area (Å²) in [5.74, 6) is 1.43. The van der Waals surface area contributed by atoms with Crippen molar-refractivity contribution in [1.29, 1.82) is 0 Å². The number of alkyl halides is 1. The molecule has 3 aromatic heterocycles. The lowest BCUT2D eigenvalue weighted by Crippen LogP contribution is -2.36. The Morgan fingerprint density at radius 3 is 2.56 bits per heavy atom. The quantitative estimate of drug-likeness (QED) is 0.606. The molecule has 1 fully saturated rings. The molecule has 1 aliphatic rings. The number of likely N-dealkylation sites (tertiary alicyclic amines) is 1. The highest BCUT2D eigenvalue weighted by Gasteiger charge is 2.39. The molecule has 11 heteroatoms. The van der Waals surface area contributed by atoms with E-state index in [2.05, 4.69) is 24.9 Å². The summed E-state index contributed by atoms with van der Waals surface area (Å²) >= 11 is 0. The molecule has 4 rings (SSSR count). The predicted octanol–water partition coefficient (Wildman–Crippen LogP) is 2.95. The summed E-state index contributed by atoms with van der Waals surface area (Å²) in [6.07, 6.45) is 1.89. The second-order valence-corrected chi connectivity index (χ2v) is 8.61. The molecule has 0 N–H and O–H groups in total. The van der Waals surface area contributed by atoms with Crippen molar-refractivity contribution in [3.05, 3.63) is 24.5 Å². The van der Waals surface area contributed by atoms with Crippen molar-refractivity contribution >= 4 is 17.3 Å². The van der Waals surface area contributed by atoms with Crippen molar-refractivity contribution in [2.24, 2.45) is 0 Å². The van der Waals surface area contributed by atoms with E-state index in [1.54, 1.807) is 40.1 Å². The highest BCUT2D eigenvalue weighted by Crippen LogP contribution is 2.29. The number of imidazole rings is 1. The van der Waals surface area contributed by atoms with E-state index < -0.39 is 24.0 Å². The van der Waals surface area contributed by atoms with Gasteiger partial charge in [0, 0.05) is 18.9 Å². The first kappa shape index (κ1) is 21.8. The first-order chi connectivity index (χ1) is 15.2. The van der Waals surface area contributed by atoms with Crippen LogP contribution in [-0.4, -0.2) is 71.4 Å². The topological polar surface area (TPSA) is 108 Å². The largest absolute Gasteiger partial charge is 0.468 e. The minimum Gasteiger partial charge on any atom is -0.468 e. The lowest BCUT2D eigenvalue weighted by Gasteiger charge is -2.24. The molecule has 3 aromatic rings. The van der Waals surface area contributed by atoms with E-state index in [0.29, 0.717) is 29.4 Å². The minimum absolute atomic E-state index is 0.0503. The average Bonchev–Trinajstić information content (AvgIpc) is 3.28. The number of halogens is 1. The number of hydrogen-bond donors (Lipinski definition) is 0. The maximum atomic E-state index is 14.7. The van der Waals surface area contributed by atoms with Gasteiger partial charge in [-0.25, -0.2) is 29.1 Å². The number of carbonyl (C=O) groups is 1. The summed E-state index contributed by atoms with van der Waals surface area (Å²) in [5, 5.41) is 0. The molecule has 0 aromatic carbocycles. The number of ether oxygens (including phenoxy) is 2. The van der Waals surface area contributed by atoms with Crippen LogP contribution in [-0.2, 0) is 11.3 Å². The van der Waals surface area contributed by atoms with Crippen molar-refractivity contribution in [2.75, 3.05) is 13.1 Å². The van der Waals surface area contributed by atoms with Crippen LogP contribution in [0.3, 0.4) is 0 Å². The first-order valence-corrected chi connectivity index (χ1v) is 10.4. The van der Waals surface area contributed by atoms with Crippen LogP contribution in [0, 0.1) is 6.92 Å².